The van der Waals surface area contributed by atoms with Gasteiger partial charge in [0, 0.05) is 28.2 Å². The van der Waals surface area contributed by atoms with Crippen molar-refractivity contribution in [3.8, 4) is 0 Å². The topological polar surface area (TPSA) is 38.9 Å². The molecule has 2 N–H and O–H groups in total. The number of nitrogens with two attached hydrogens (primary N) is 1. The molecule has 0 bridgehead atoms. The summed E-state index contributed by atoms with van der Waals surface area (Å²) in [6.07, 6.45) is 11.1. The minimum Gasteiger partial charge on any atom is -0.323 e. The SMILES string of the molecule is NC(Cc1cccnc1)c1cc2c(s1)CCCCC2. The van der Waals surface area contributed by atoms with E-state index in [2.05, 4.69) is 17.1 Å². The molecule has 0 radical (unpaired) electrons. The Kier molecular flexibility index (Phi) is 3.95. The number of pyridine rings is 1. The van der Waals surface area contributed by atoms with Crippen molar-refractivity contribution < 1.29 is 0 Å². The van der Waals surface area contributed by atoms with Gasteiger partial charge in [-0.25, -0.2) is 0 Å². The van der Waals surface area contributed by atoms with Crippen LogP contribution in [0.5, 0.6) is 0 Å². The predicted octanol–water partition coefficient (Wildman–Crippen LogP) is 3.65. The van der Waals surface area contributed by atoms with Crippen LogP contribution in [0.4, 0.5) is 0 Å². The molecule has 0 aliphatic heterocycles. The second-order valence-electron chi connectivity index (χ2n) is 5.33. The number of nitrogens with zero attached hydrogens (tertiary/aromatic N) is 1. The highest BCUT2D eigenvalue weighted by Gasteiger charge is 2.16. The molecule has 0 fully saturated rings. The van der Waals surface area contributed by atoms with Gasteiger partial charge < -0.3 is 5.73 Å². The van der Waals surface area contributed by atoms with E-state index in [9.17, 15) is 0 Å². The van der Waals surface area contributed by atoms with Crippen LogP contribution in [0, 0.1) is 0 Å². The summed E-state index contributed by atoms with van der Waals surface area (Å²) in [7, 11) is 0. The first-order chi connectivity index (χ1) is 9.33. The summed E-state index contributed by atoms with van der Waals surface area (Å²) in [6, 6.07) is 6.55. The average Bonchev–Trinajstić information content (AvgIpc) is 2.72. The number of aromatic nitrogens is 1. The number of fused-ring (bicyclic) bond motifs is 1. The smallest absolute Gasteiger partial charge is 0.0431 e. The van der Waals surface area contributed by atoms with Crippen LogP contribution in [0.15, 0.2) is 30.6 Å². The number of hydrogen-bond donors (Lipinski definition) is 1. The van der Waals surface area contributed by atoms with Crippen molar-refractivity contribution in [2.24, 2.45) is 5.73 Å². The zero-order valence-corrected chi connectivity index (χ0v) is 12.0. The monoisotopic (exact) mass is 272 g/mol. The highest BCUT2D eigenvalue weighted by Crippen LogP contribution is 2.32. The average molecular weight is 272 g/mol. The molecule has 1 aliphatic carbocycles. The maximum Gasteiger partial charge on any atom is 0.0431 e. The lowest BCUT2D eigenvalue weighted by molar-refractivity contribution is 0.709. The molecule has 0 spiro atoms. The van der Waals surface area contributed by atoms with Gasteiger partial charge in [0.1, 0.15) is 0 Å². The summed E-state index contributed by atoms with van der Waals surface area (Å²) in [6.45, 7) is 0. The molecule has 100 valence electrons. The first kappa shape index (κ1) is 12.8. The minimum atomic E-state index is 0.112. The van der Waals surface area contributed by atoms with E-state index in [1.165, 1.54) is 42.5 Å². The molecule has 0 amide bonds. The van der Waals surface area contributed by atoms with Crippen LogP contribution in [-0.4, -0.2) is 4.98 Å². The molecule has 1 atom stereocenters. The molecule has 3 heteroatoms. The van der Waals surface area contributed by atoms with E-state index < -0.39 is 0 Å². The molecular weight excluding hydrogens is 252 g/mol. The molecule has 0 saturated heterocycles. The highest BCUT2D eigenvalue weighted by atomic mass is 32.1. The van der Waals surface area contributed by atoms with E-state index >= 15 is 0 Å². The lowest BCUT2D eigenvalue weighted by atomic mass is 10.1. The standard InChI is InChI=1S/C16H20N2S/c17-14(9-12-5-4-8-18-11-12)16-10-13-6-2-1-3-7-15(13)19-16/h4-5,8,10-11,14H,1-3,6-7,9,17H2. The van der Waals surface area contributed by atoms with Crippen molar-refractivity contribution in [2.45, 2.75) is 44.6 Å². The van der Waals surface area contributed by atoms with Gasteiger partial charge in [0.15, 0.2) is 0 Å². The third-order valence-electron chi connectivity index (χ3n) is 3.81. The van der Waals surface area contributed by atoms with Gasteiger partial charge in [0.2, 0.25) is 0 Å². The lowest BCUT2D eigenvalue weighted by Crippen LogP contribution is -2.11. The van der Waals surface area contributed by atoms with Gasteiger partial charge in [-0.3, -0.25) is 4.98 Å². The van der Waals surface area contributed by atoms with Crippen molar-refractivity contribution in [1.82, 2.24) is 4.98 Å². The predicted molar refractivity (Wildman–Crippen MR) is 80.4 cm³/mol. The van der Waals surface area contributed by atoms with Crippen LogP contribution >= 0.6 is 11.3 Å². The van der Waals surface area contributed by atoms with Crippen molar-refractivity contribution in [3.05, 3.63) is 51.5 Å². The molecule has 2 heterocycles. The van der Waals surface area contributed by atoms with Crippen LogP contribution in [0.25, 0.3) is 0 Å². The van der Waals surface area contributed by atoms with Gasteiger partial charge in [-0.05, 0) is 55.4 Å². The summed E-state index contributed by atoms with van der Waals surface area (Å²) in [5.41, 5.74) is 9.14. The number of hydrogen-bond acceptors (Lipinski definition) is 3. The summed E-state index contributed by atoms with van der Waals surface area (Å²) in [5.74, 6) is 0. The Morgan fingerprint density at radius 2 is 2.16 bits per heavy atom. The molecule has 1 aliphatic rings. The fourth-order valence-corrected chi connectivity index (χ4v) is 4.01. The van der Waals surface area contributed by atoms with Crippen molar-refractivity contribution in [3.63, 3.8) is 0 Å². The summed E-state index contributed by atoms with van der Waals surface area (Å²) in [5, 5.41) is 0. The van der Waals surface area contributed by atoms with Gasteiger partial charge >= 0.3 is 0 Å². The Hall–Kier alpha value is -1.19. The molecule has 2 aromatic heterocycles. The molecule has 19 heavy (non-hydrogen) atoms. The Balaban J connectivity index is 1.75. The van der Waals surface area contributed by atoms with E-state index in [4.69, 9.17) is 5.73 Å². The van der Waals surface area contributed by atoms with Crippen LogP contribution < -0.4 is 5.73 Å². The molecule has 0 saturated carbocycles. The quantitative estimate of drug-likeness (QED) is 0.866. The second-order valence-corrected chi connectivity index (χ2v) is 6.50. The number of rotatable bonds is 3. The third-order valence-corrected chi connectivity index (χ3v) is 5.18. The molecule has 3 rings (SSSR count). The van der Waals surface area contributed by atoms with Gasteiger partial charge in [0.25, 0.3) is 0 Å². The van der Waals surface area contributed by atoms with Crippen LogP contribution in [0.3, 0.4) is 0 Å². The van der Waals surface area contributed by atoms with E-state index in [-0.39, 0.29) is 6.04 Å². The fourth-order valence-electron chi connectivity index (χ4n) is 2.75. The summed E-state index contributed by atoms with van der Waals surface area (Å²) >= 11 is 1.93. The van der Waals surface area contributed by atoms with E-state index in [0.29, 0.717) is 0 Å². The Labute approximate surface area is 118 Å². The first-order valence-electron chi connectivity index (χ1n) is 7.09. The molecule has 0 aromatic carbocycles. The van der Waals surface area contributed by atoms with E-state index in [0.717, 1.165) is 6.42 Å². The van der Waals surface area contributed by atoms with Crippen LogP contribution in [-0.2, 0) is 19.3 Å². The van der Waals surface area contributed by atoms with E-state index in [1.54, 1.807) is 10.4 Å². The van der Waals surface area contributed by atoms with Crippen molar-refractivity contribution >= 4 is 11.3 Å². The van der Waals surface area contributed by atoms with Crippen LogP contribution in [0.2, 0.25) is 0 Å². The molecule has 2 aromatic rings. The van der Waals surface area contributed by atoms with Gasteiger partial charge in [-0.2, -0.15) is 0 Å². The Morgan fingerprint density at radius 3 is 3.00 bits per heavy atom. The number of aryl methyl sites for hydroxylation is 2. The summed E-state index contributed by atoms with van der Waals surface area (Å²) < 4.78 is 0. The van der Waals surface area contributed by atoms with Gasteiger partial charge in [-0.1, -0.05) is 12.5 Å². The normalized spacial score (nSPS) is 16.7. The van der Waals surface area contributed by atoms with Crippen LogP contribution in [0.1, 0.15) is 46.2 Å². The highest BCUT2D eigenvalue weighted by molar-refractivity contribution is 7.12. The Bertz CT molecular complexity index is 509. The molecular formula is C16H20N2S. The number of thiophene rings is 1. The maximum absolute atomic E-state index is 6.36. The lowest BCUT2D eigenvalue weighted by Gasteiger charge is -2.09. The Morgan fingerprint density at radius 1 is 1.26 bits per heavy atom. The zero-order valence-electron chi connectivity index (χ0n) is 11.1. The third kappa shape index (κ3) is 3.04. The molecule has 2 nitrogen and oxygen atoms in total. The molecule has 1 unspecified atom stereocenters. The fraction of sp³-hybridized carbons (Fsp3) is 0.438. The summed E-state index contributed by atoms with van der Waals surface area (Å²) in [4.78, 5) is 7.08. The van der Waals surface area contributed by atoms with Crippen molar-refractivity contribution in [2.75, 3.05) is 0 Å². The maximum atomic E-state index is 6.36. The largest absolute Gasteiger partial charge is 0.323 e. The first-order valence-corrected chi connectivity index (χ1v) is 7.90. The van der Waals surface area contributed by atoms with Gasteiger partial charge in [0.05, 0.1) is 0 Å². The minimum absolute atomic E-state index is 0.112. The van der Waals surface area contributed by atoms with Crippen molar-refractivity contribution in [1.29, 1.82) is 0 Å². The second kappa shape index (κ2) is 5.85. The van der Waals surface area contributed by atoms with E-state index in [1.807, 2.05) is 29.8 Å². The zero-order chi connectivity index (χ0) is 13.1. The van der Waals surface area contributed by atoms with Gasteiger partial charge in [-0.15, -0.1) is 11.3 Å².